The first kappa shape index (κ1) is 12.8. The van der Waals surface area contributed by atoms with Crippen molar-refractivity contribution in [2.45, 2.75) is 25.4 Å². The summed E-state index contributed by atoms with van der Waals surface area (Å²) in [6.07, 6.45) is 3.07. The van der Waals surface area contributed by atoms with Gasteiger partial charge < -0.3 is 9.84 Å². The average molecular weight is 252 g/mol. The van der Waals surface area contributed by atoms with Crippen LogP contribution in [0.2, 0.25) is 0 Å². The zero-order valence-electron chi connectivity index (χ0n) is 10.3. The molecule has 0 saturated carbocycles. The Morgan fingerprint density at radius 3 is 2.53 bits per heavy atom. The number of thioether (sulfide) groups is 1. The molecule has 3 heteroatoms. The van der Waals surface area contributed by atoms with Crippen LogP contribution < -0.4 is 4.74 Å². The Bertz CT molecular complexity index is 331. The summed E-state index contributed by atoms with van der Waals surface area (Å²) in [6, 6.07) is 7.74. The second-order valence-corrected chi connectivity index (χ2v) is 5.81. The molecule has 2 nitrogen and oxygen atoms in total. The van der Waals surface area contributed by atoms with Gasteiger partial charge in [0.25, 0.3) is 0 Å². The Hall–Kier alpha value is -0.670. The van der Waals surface area contributed by atoms with Crippen LogP contribution >= 0.6 is 11.8 Å². The maximum Gasteiger partial charge on any atom is 0.118 e. The predicted molar refractivity (Wildman–Crippen MR) is 72.6 cm³/mol. The normalized spacial score (nSPS) is 18.9. The van der Waals surface area contributed by atoms with Crippen molar-refractivity contribution in [2.75, 3.05) is 18.6 Å². The number of hydrogen-bond acceptors (Lipinski definition) is 3. The fourth-order valence-corrected chi connectivity index (χ4v) is 3.46. The van der Waals surface area contributed by atoms with Crippen molar-refractivity contribution in [3.63, 3.8) is 0 Å². The van der Waals surface area contributed by atoms with Crippen LogP contribution in [0.4, 0.5) is 0 Å². The highest BCUT2D eigenvalue weighted by Gasteiger charge is 2.18. The van der Waals surface area contributed by atoms with Gasteiger partial charge in [0.2, 0.25) is 0 Å². The van der Waals surface area contributed by atoms with E-state index in [0.717, 1.165) is 17.7 Å². The smallest absolute Gasteiger partial charge is 0.118 e. The maximum atomic E-state index is 10.2. The highest BCUT2D eigenvalue weighted by molar-refractivity contribution is 7.99. The third-order valence-corrected chi connectivity index (χ3v) is 4.45. The molecule has 94 valence electrons. The fourth-order valence-electron chi connectivity index (χ4n) is 2.26. The van der Waals surface area contributed by atoms with E-state index in [2.05, 4.69) is 0 Å². The van der Waals surface area contributed by atoms with Crippen LogP contribution in [0.25, 0.3) is 0 Å². The molecule has 1 aromatic rings. The third kappa shape index (κ3) is 3.65. The van der Waals surface area contributed by atoms with Gasteiger partial charge in [-0.25, -0.2) is 0 Å². The van der Waals surface area contributed by atoms with Gasteiger partial charge in [-0.05, 0) is 54.4 Å². The molecular weight excluding hydrogens is 232 g/mol. The highest BCUT2D eigenvalue weighted by atomic mass is 32.2. The standard InChI is InChI=1S/C14H20O2S/c1-16-13-4-2-12(3-5-13)14(15)10-11-6-8-17-9-7-11/h2-5,11,14-15H,6-10H2,1H3. The van der Waals surface area contributed by atoms with Gasteiger partial charge in [0.15, 0.2) is 0 Å². The predicted octanol–water partition coefficient (Wildman–Crippen LogP) is 3.26. The van der Waals surface area contributed by atoms with Crippen molar-refractivity contribution in [1.29, 1.82) is 0 Å². The van der Waals surface area contributed by atoms with Crippen LogP contribution in [0, 0.1) is 5.92 Å². The summed E-state index contributed by atoms with van der Waals surface area (Å²) in [7, 11) is 1.66. The van der Waals surface area contributed by atoms with Crippen LogP contribution in [-0.2, 0) is 0 Å². The lowest BCUT2D eigenvalue weighted by Gasteiger charge is -2.24. The molecule has 0 bridgehead atoms. The maximum absolute atomic E-state index is 10.2. The second kappa shape index (κ2) is 6.31. The van der Waals surface area contributed by atoms with Crippen LogP contribution in [-0.4, -0.2) is 23.7 Å². The minimum Gasteiger partial charge on any atom is -0.497 e. The Kier molecular flexibility index (Phi) is 4.75. The number of methoxy groups -OCH3 is 1. The van der Waals surface area contributed by atoms with Crippen molar-refractivity contribution in [1.82, 2.24) is 0 Å². The molecule has 1 heterocycles. The molecule has 1 saturated heterocycles. The molecule has 0 spiro atoms. The summed E-state index contributed by atoms with van der Waals surface area (Å²) in [5.74, 6) is 4.03. The topological polar surface area (TPSA) is 29.5 Å². The van der Waals surface area contributed by atoms with Gasteiger partial charge in [-0.2, -0.15) is 11.8 Å². The molecule has 1 unspecified atom stereocenters. The second-order valence-electron chi connectivity index (χ2n) is 4.58. The van der Waals surface area contributed by atoms with Gasteiger partial charge in [-0.15, -0.1) is 0 Å². The van der Waals surface area contributed by atoms with Gasteiger partial charge in [0, 0.05) is 0 Å². The molecule has 1 fully saturated rings. The Morgan fingerprint density at radius 2 is 1.94 bits per heavy atom. The van der Waals surface area contributed by atoms with E-state index in [-0.39, 0.29) is 6.10 Å². The van der Waals surface area contributed by atoms with Crippen LogP contribution in [0.1, 0.15) is 30.9 Å². The molecule has 1 aromatic carbocycles. The number of rotatable bonds is 4. The molecule has 1 atom stereocenters. The molecular formula is C14H20O2S. The quantitative estimate of drug-likeness (QED) is 0.892. The first-order valence-corrected chi connectivity index (χ1v) is 7.35. The molecule has 2 rings (SSSR count). The van der Waals surface area contributed by atoms with E-state index in [1.165, 1.54) is 24.3 Å². The summed E-state index contributed by atoms with van der Waals surface area (Å²) in [5, 5.41) is 10.2. The molecule has 1 aliphatic heterocycles. The van der Waals surface area contributed by atoms with Crippen LogP contribution in [0.3, 0.4) is 0 Å². The molecule has 1 N–H and O–H groups in total. The van der Waals surface area contributed by atoms with Crippen molar-refractivity contribution in [3.8, 4) is 5.75 Å². The van der Waals surface area contributed by atoms with E-state index < -0.39 is 0 Å². The zero-order valence-corrected chi connectivity index (χ0v) is 11.1. The first-order chi connectivity index (χ1) is 8.29. The zero-order chi connectivity index (χ0) is 12.1. The monoisotopic (exact) mass is 252 g/mol. The van der Waals surface area contributed by atoms with Gasteiger partial charge in [-0.3, -0.25) is 0 Å². The van der Waals surface area contributed by atoms with Crippen molar-refractivity contribution >= 4 is 11.8 Å². The van der Waals surface area contributed by atoms with E-state index in [0.29, 0.717) is 5.92 Å². The lowest BCUT2D eigenvalue weighted by Crippen LogP contribution is -2.13. The SMILES string of the molecule is COc1ccc(C(O)CC2CCSCC2)cc1. The molecule has 0 radical (unpaired) electrons. The summed E-state index contributed by atoms with van der Waals surface area (Å²) in [5.41, 5.74) is 1.00. The molecule has 0 aliphatic carbocycles. The first-order valence-electron chi connectivity index (χ1n) is 6.19. The molecule has 1 aliphatic rings. The van der Waals surface area contributed by atoms with Crippen molar-refractivity contribution in [2.24, 2.45) is 5.92 Å². The number of ether oxygens (including phenoxy) is 1. The number of aliphatic hydroxyl groups excluding tert-OH is 1. The summed E-state index contributed by atoms with van der Waals surface area (Å²) < 4.78 is 5.11. The van der Waals surface area contributed by atoms with E-state index in [1.807, 2.05) is 36.0 Å². The Labute approximate surface area is 107 Å². The minimum absolute atomic E-state index is 0.325. The number of hydrogen-bond donors (Lipinski definition) is 1. The molecule has 0 amide bonds. The summed E-state index contributed by atoms with van der Waals surface area (Å²) >= 11 is 2.03. The minimum atomic E-state index is -0.325. The lowest BCUT2D eigenvalue weighted by atomic mass is 9.92. The summed E-state index contributed by atoms with van der Waals surface area (Å²) in [6.45, 7) is 0. The van der Waals surface area contributed by atoms with E-state index >= 15 is 0 Å². The van der Waals surface area contributed by atoms with Gasteiger partial charge in [0.1, 0.15) is 5.75 Å². The number of benzene rings is 1. The largest absolute Gasteiger partial charge is 0.497 e. The Balaban J connectivity index is 1.91. The van der Waals surface area contributed by atoms with E-state index in [9.17, 15) is 5.11 Å². The van der Waals surface area contributed by atoms with Gasteiger partial charge in [-0.1, -0.05) is 12.1 Å². The van der Waals surface area contributed by atoms with E-state index in [1.54, 1.807) is 7.11 Å². The average Bonchev–Trinajstić information content (AvgIpc) is 2.40. The fraction of sp³-hybridized carbons (Fsp3) is 0.571. The molecule has 17 heavy (non-hydrogen) atoms. The third-order valence-electron chi connectivity index (χ3n) is 3.40. The van der Waals surface area contributed by atoms with Crippen molar-refractivity contribution < 1.29 is 9.84 Å². The molecule has 0 aromatic heterocycles. The Morgan fingerprint density at radius 1 is 1.29 bits per heavy atom. The summed E-state index contributed by atoms with van der Waals surface area (Å²) in [4.78, 5) is 0. The van der Waals surface area contributed by atoms with Gasteiger partial charge >= 0.3 is 0 Å². The van der Waals surface area contributed by atoms with Crippen LogP contribution in [0.15, 0.2) is 24.3 Å². The van der Waals surface area contributed by atoms with Crippen molar-refractivity contribution in [3.05, 3.63) is 29.8 Å². The highest BCUT2D eigenvalue weighted by Crippen LogP contribution is 2.31. The van der Waals surface area contributed by atoms with Gasteiger partial charge in [0.05, 0.1) is 13.2 Å². The van der Waals surface area contributed by atoms with E-state index in [4.69, 9.17) is 4.74 Å². The van der Waals surface area contributed by atoms with Crippen LogP contribution in [0.5, 0.6) is 5.75 Å². The number of aliphatic hydroxyl groups is 1. The lowest BCUT2D eigenvalue weighted by molar-refractivity contribution is 0.141.